The molecule has 0 aromatic carbocycles. The molecule has 0 aliphatic rings. The zero-order chi connectivity index (χ0) is 8.91. The summed E-state index contributed by atoms with van der Waals surface area (Å²) in [6.07, 6.45) is 0.622. The molecule has 0 amide bonds. The molecule has 0 saturated heterocycles. The van der Waals surface area contributed by atoms with Crippen LogP contribution in [0.4, 0.5) is 13.2 Å². The topological polar surface area (TPSA) is 0 Å². The maximum absolute atomic E-state index is 11.4. The molecule has 11 heavy (non-hydrogen) atoms. The van der Waals surface area contributed by atoms with E-state index in [9.17, 15) is 13.2 Å². The lowest BCUT2D eigenvalue weighted by Crippen LogP contribution is -2.01. The number of halogens is 3. The van der Waals surface area contributed by atoms with Gasteiger partial charge >= 0.3 is 6.18 Å². The van der Waals surface area contributed by atoms with Gasteiger partial charge in [-0.15, -0.1) is 12.3 Å². The van der Waals surface area contributed by atoms with E-state index in [1.165, 1.54) is 0 Å². The summed E-state index contributed by atoms with van der Waals surface area (Å²) in [6.45, 7) is 1.64. The van der Waals surface area contributed by atoms with Gasteiger partial charge in [0.05, 0.1) is 0 Å². The fourth-order valence-electron chi connectivity index (χ4n) is 0.363. The summed E-state index contributed by atoms with van der Waals surface area (Å²) in [6, 6.07) is 0. The second-order valence-electron chi connectivity index (χ2n) is 2.07. The number of hydrogen-bond donors (Lipinski definition) is 0. The first kappa shape index (κ1) is 9.91. The van der Waals surface area contributed by atoms with Crippen LogP contribution in [0.25, 0.3) is 0 Å². The van der Waals surface area contributed by atoms with E-state index in [1.807, 2.05) is 5.92 Å². The van der Waals surface area contributed by atoms with Crippen LogP contribution in [0, 0.1) is 30.1 Å². The lowest BCUT2D eigenvalue weighted by atomic mass is 10.1. The number of hydrogen-bond acceptors (Lipinski definition) is 0. The van der Waals surface area contributed by atoms with Crippen molar-refractivity contribution in [3.05, 3.63) is 0 Å². The summed E-state index contributed by atoms with van der Waals surface area (Å²) < 4.78 is 34.2. The standard InChI is InChI=1S/C8H7F3/c1-3-7(2)5-4-6-8(9,10)11/h1,7H,5H2,2H3/t7-/m1/s1. The third-order valence-corrected chi connectivity index (χ3v) is 0.923. The van der Waals surface area contributed by atoms with Crippen molar-refractivity contribution in [1.82, 2.24) is 0 Å². The summed E-state index contributed by atoms with van der Waals surface area (Å²) in [5.41, 5.74) is 0. The molecule has 0 bridgehead atoms. The number of alkyl halides is 3. The first-order valence-electron chi connectivity index (χ1n) is 2.98. The van der Waals surface area contributed by atoms with Crippen LogP contribution in [0.2, 0.25) is 0 Å². The van der Waals surface area contributed by atoms with Crippen LogP contribution in [0.15, 0.2) is 0 Å². The molecule has 0 saturated carbocycles. The van der Waals surface area contributed by atoms with Crippen molar-refractivity contribution in [2.45, 2.75) is 19.5 Å². The highest BCUT2D eigenvalue weighted by Gasteiger charge is 2.22. The molecule has 0 aliphatic carbocycles. The van der Waals surface area contributed by atoms with Gasteiger partial charge in [0.1, 0.15) is 0 Å². The smallest absolute Gasteiger partial charge is 0.159 e. The van der Waals surface area contributed by atoms with E-state index in [-0.39, 0.29) is 12.3 Å². The molecule has 0 aliphatic heterocycles. The molecule has 0 spiro atoms. The Kier molecular flexibility index (Phi) is 3.54. The molecule has 0 radical (unpaired) electrons. The molecule has 1 atom stereocenters. The Morgan fingerprint density at radius 2 is 2.00 bits per heavy atom. The second-order valence-corrected chi connectivity index (χ2v) is 2.07. The van der Waals surface area contributed by atoms with Gasteiger partial charge in [0.15, 0.2) is 0 Å². The third kappa shape index (κ3) is 6.80. The summed E-state index contributed by atoms with van der Waals surface area (Å²) in [7, 11) is 0. The SMILES string of the molecule is C#C[C@@H](C)CC#CC(F)(F)F. The third-order valence-electron chi connectivity index (χ3n) is 0.923. The Morgan fingerprint density at radius 1 is 1.45 bits per heavy atom. The molecule has 0 nitrogen and oxygen atoms in total. The van der Waals surface area contributed by atoms with Crippen molar-refractivity contribution in [2.24, 2.45) is 5.92 Å². The lowest BCUT2D eigenvalue weighted by molar-refractivity contribution is -0.0697. The average Bonchev–Trinajstić information content (AvgIpc) is 1.85. The fraction of sp³-hybridized carbons (Fsp3) is 0.500. The highest BCUT2D eigenvalue weighted by molar-refractivity contribution is 5.08. The zero-order valence-electron chi connectivity index (χ0n) is 6.00. The lowest BCUT2D eigenvalue weighted by Gasteiger charge is -1.94. The Morgan fingerprint density at radius 3 is 2.36 bits per heavy atom. The molecular weight excluding hydrogens is 153 g/mol. The van der Waals surface area contributed by atoms with E-state index in [0.29, 0.717) is 0 Å². The van der Waals surface area contributed by atoms with Gasteiger partial charge in [-0.05, 0) is 0 Å². The summed E-state index contributed by atoms with van der Waals surface area (Å²) in [5, 5.41) is 0. The Balaban J connectivity index is 3.85. The summed E-state index contributed by atoms with van der Waals surface area (Å²) >= 11 is 0. The predicted octanol–water partition coefficient (Wildman–Crippen LogP) is 2.21. The van der Waals surface area contributed by atoms with Gasteiger partial charge in [-0.3, -0.25) is 0 Å². The maximum Gasteiger partial charge on any atom is 0.457 e. The van der Waals surface area contributed by atoms with Crippen LogP contribution < -0.4 is 0 Å². The Bertz CT molecular complexity index is 208. The minimum absolute atomic E-state index is 0.0933. The summed E-state index contributed by atoms with van der Waals surface area (Å²) in [4.78, 5) is 0. The minimum Gasteiger partial charge on any atom is -0.159 e. The first-order valence-corrected chi connectivity index (χ1v) is 2.98. The quantitative estimate of drug-likeness (QED) is 0.516. The first-order chi connectivity index (χ1) is 4.95. The molecule has 0 heterocycles. The van der Waals surface area contributed by atoms with Crippen molar-refractivity contribution >= 4 is 0 Å². The largest absolute Gasteiger partial charge is 0.457 e. The second kappa shape index (κ2) is 3.93. The molecule has 0 aromatic heterocycles. The van der Waals surface area contributed by atoms with E-state index < -0.39 is 6.18 Å². The highest BCUT2D eigenvalue weighted by atomic mass is 19.4. The van der Waals surface area contributed by atoms with Crippen LogP contribution in [0.5, 0.6) is 0 Å². The summed E-state index contributed by atoms with van der Waals surface area (Å²) in [5.74, 6) is 5.16. The van der Waals surface area contributed by atoms with E-state index in [2.05, 4.69) is 5.92 Å². The van der Waals surface area contributed by atoms with Gasteiger partial charge in [0.2, 0.25) is 0 Å². The van der Waals surface area contributed by atoms with Crippen LogP contribution in [-0.2, 0) is 0 Å². The van der Waals surface area contributed by atoms with Crippen LogP contribution in [0.1, 0.15) is 13.3 Å². The Hall–Kier alpha value is -1.09. The molecular formula is C8H7F3. The van der Waals surface area contributed by atoms with Gasteiger partial charge < -0.3 is 0 Å². The molecule has 0 unspecified atom stereocenters. The average molecular weight is 160 g/mol. The monoisotopic (exact) mass is 160 g/mol. The number of terminal acetylenes is 1. The van der Waals surface area contributed by atoms with Crippen LogP contribution in [-0.4, -0.2) is 6.18 Å². The van der Waals surface area contributed by atoms with E-state index >= 15 is 0 Å². The normalized spacial score (nSPS) is 12.6. The van der Waals surface area contributed by atoms with Crippen LogP contribution in [0.3, 0.4) is 0 Å². The highest BCUT2D eigenvalue weighted by Crippen LogP contribution is 2.12. The van der Waals surface area contributed by atoms with Gasteiger partial charge in [-0.1, -0.05) is 12.8 Å². The molecule has 0 aromatic rings. The van der Waals surface area contributed by atoms with Crippen molar-refractivity contribution in [3.63, 3.8) is 0 Å². The van der Waals surface area contributed by atoms with E-state index in [0.717, 1.165) is 5.92 Å². The number of rotatable bonds is 1. The van der Waals surface area contributed by atoms with Gasteiger partial charge in [0, 0.05) is 18.3 Å². The molecule has 3 heteroatoms. The fourth-order valence-corrected chi connectivity index (χ4v) is 0.363. The van der Waals surface area contributed by atoms with Gasteiger partial charge in [0.25, 0.3) is 0 Å². The van der Waals surface area contributed by atoms with Crippen molar-refractivity contribution < 1.29 is 13.2 Å². The molecule has 0 N–H and O–H groups in total. The van der Waals surface area contributed by atoms with Crippen molar-refractivity contribution in [3.8, 4) is 24.2 Å². The van der Waals surface area contributed by atoms with Gasteiger partial charge in [-0.25, -0.2) is 0 Å². The minimum atomic E-state index is -4.39. The van der Waals surface area contributed by atoms with Crippen LogP contribution >= 0.6 is 0 Å². The Labute approximate surface area is 63.8 Å². The van der Waals surface area contributed by atoms with Gasteiger partial charge in [-0.2, -0.15) is 13.2 Å². The van der Waals surface area contributed by atoms with E-state index in [1.54, 1.807) is 6.92 Å². The predicted molar refractivity (Wildman–Crippen MR) is 36.4 cm³/mol. The van der Waals surface area contributed by atoms with Crippen molar-refractivity contribution in [1.29, 1.82) is 0 Å². The molecule has 0 rings (SSSR count). The zero-order valence-corrected chi connectivity index (χ0v) is 6.00. The van der Waals surface area contributed by atoms with Crippen molar-refractivity contribution in [2.75, 3.05) is 0 Å². The van der Waals surface area contributed by atoms with E-state index in [4.69, 9.17) is 6.42 Å². The molecule has 60 valence electrons. The maximum atomic E-state index is 11.4. The molecule has 0 fully saturated rings.